The van der Waals surface area contributed by atoms with Crippen LogP contribution in [0.3, 0.4) is 0 Å². The molecule has 3 N–H and O–H groups in total. The Kier molecular flexibility index (Phi) is 6.55. The van der Waals surface area contributed by atoms with Gasteiger partial charge in [0.25, 0.3) is 0 Å². The number of pyridine rings is 1. The van der Waals surface area contributed by atoms with E-state index in [4.69, 9.17) is 10.8 Å². The summed E-state index contributed by atoms with van der Waals surface area (Å²) in [5, 5.41) is 9.66. The first-order chi connectivity index (χ1) is 8.19. The number of nitrogens with zero attached hydrogens (tertiary/aromatic N) is 1. The van der Waals surface area contributed by atoms with Crippen molar-refractivity contribution in [3.63, 3.8) is 0 Å². The number of aromatic nitrogens is 1. The van der Waals surface area contributed by atoms with Crippen molar-refractivity contribution in [3.05, 3.63) is 30.1 Å². The molecule has 3 nitrogen and oxygen atoms in total. The summed E-state index contributed by atoms with van der Waals surface area (Å²) in [5.74, 6) is 0. The smallest absolute Gasteiger partial charge is 0.0452 e. The highest BCUT2D eigenvalue weighted by atomic mass is 32.2. The first-order valence-corrected chi connectivity index (χ1v) is 7.05. The molecule has 0 saturated heterocycles. The van der Waals surface area contributed by atoms with Crippen LogP contribution in [0.15, 0.2) is 24.5 Å². The van der Waals surface area contributed by atoms with E-state index in [9.17, 15) is 0 Å². The van der Waals surface area contributed by atoms with Crippen molar-refractivity contribution >= 4 is 11.8 Å². The van der Waals surface area contributed by atoms with Gasteiger partial charge in [-0.2, -0.15) is 0 Å². The first kappa shape index (κ1) is 14.5. The molecule has 0 aromatic carbocycles. The minimum atomic E-state index is 0.142. The predicted octanol–water partition coefficient (Wildman–Crippen LogP) is 2.36. The number of hydrogen-bond donors (Lipinski definition) is 2. The van der Waals surface area contributed by atoms with Crippen molar-refractivity contribution in [1.82, 2.24) is 4.98 Å². The molecule has 0 amide bonds. The van der Waals surface area contributed by atoms with Crippen LogP contribution in [-0.4, -0.2) is 28.0 Å². The lowest BCUT2D eigenvalue weighted by atomic mass is 10.1. The lowest BCUT2D eigenvalue weighted by Gasteiger charge is -2.25. The van der Waals surface area contributed by atoms with E-state index in [1.807, 2.05) is 36.3 Å². The van der Waals surface area contributed by atoms with E-state index >= 15 is 0 Å². The summed E-state index contributed by atoms with van der Waals surface area (Å²) in [6.45, 7) is 4.48. The Labute approximate surface area is 108 Å². The Balaban J connectivity index is 2.74. The molecular formula is C13H22N2OS. The third-order valence-corrected chi connectivity index (χ3v) is 4.42. The largest absolute Gasteiger partial charge is 0.396 e. The number of nitrogens with two attached hydrogens (primary N) is 1. The zero-order valence-corrected chi connectivity index (χ0v) is 11.4. The normalized spacial score (nSPS) is 16.5. The molecule has 0 saturated carbocycles. The molecule has 0 radical (unpaired) electrons. The van der Waals surface area contributed by atoms with Crippen LogP contribution in [0.4, 0.5) is 0 Å². The monoisotopic (exact) mass is 254 g/mol. The first-order valence-electron chi connectivity index (χ1n) is 6.10. The van der Waals surface area contributed by atoms with Crippen LogP contribution < -0.4 is 5.73 Å². The highest BCUT2D eigenvalue weighted by molar-refractivity contribution is 8.00. The van der Waals surface area contributed by atoms with Gasteiger partial charge in [0.2, 0.25) is 0 Å². The Bertz CT molecular complexity index is 308. The van der Waals surface area contributed by atoms with Crippen LogP contribution in [0.1, 0.15) is 37.5 Å². The van der Waals surface area contributed by atoms with Gasteiger partial charge in [0.15, 0.2) is 0 Å². The fourth-order valence-electron chi connectivity index (χ4n) is 1.69. The standard InChI is InChI=1S/C13H22N2OS/c1-3-12(14)13(17-10(2)6-9-16)11-4-7-15-8-5-11/h4-5,7-8,10,12-13,16H,3,6,9,14H2,1-2H3. The Morgan fingerprint density at radius 3 is 2.59 bits per heavy atom. The average molecular weight is 254 g/mol. The Hall–Kier alpha value is -0.580. The fourth-order valence-corrected chi connectivity index (χ4v) is 3.14. The summed E-state index contributed by atoms with van der Waals surface area (Å²) in [6.07, 6.45) is 5.37. The molecular weight excluding hydrogens is 232 g/mol. The van der Waals surface area contributed by atoms with Crippen molar-refractivity contribution in [2.24, 2.45) is 5.73 Å². The molecule has 0 aliphatic heterocycles. The quantitative estimate of drug-likeness (QED) is 0.784. The molecule has 0 aliphatic rings. The van der Waals surface area contributed by atoms with E-state index < -0.39 is 0 Å². The second-order valence-electron chi connectivity index (χ2n) is 4.23. The molecule has 0 aliphatic carbocycles. The number of aliphatic hydroxyl groups excluding tert-OH is 1. The van der Waals surface area contributed by atoms with Crippen molar-refractivity contribution in [2.45, 2.75) is 43.2 Å². The van der Waals surface area contributed by atoms with Gasteiger partial charge in [-0.25, -0.2) is 0 Å². The van der Waals surface area contributed by atoms with Gasteiger partial charge in [-0.3, -0.25) is 4.98 Å². The van der Waals surface area contributed by atoms with Crippen LogP contribution in [0, 0.1) is 0 Å². The van der Waals surface area contributed by atoms with Gasteiger partial charge in [-0.05, 0) is 30.5 Å². The van der Waals surface area contributed by atoms with Crippen LogP contribution in [-0.2, 0) is 0 Å². The molecule has 1 rings (SSSR count). The molecule has 3 atom stereocenters. The summed E-state index contributed by atoms with van der Waals surface area (Å²) < 4.78 is 0. The lowest BCUT2D eigenvalue weighted by molar-refractivity contribution is 0.288. The molecule has 1 aromatic rings. The van der Waals surface area contributed by atoms with Gasteiger partial charge in [0.05, 0.1) is 0 Å². The second kappa shape index (κ2) is 7.69. The van der Waals surface area contributed by atoms with Gasteiger partial charge in [0, 0.05) is 35.5 Å². The third kappa shape index (κ3) is 4.66. The van der Waals surface area contributed by atoms with Crippen molar-refractivity contribution < 1.29 is 5.11 Å². The highest BCUT2D eigenvalue weighted by Crippen LogP contribution is 2.36. The number of hydrogen-bond acceptors (Lipinski definition) is 4. The molecule has 4 heteroatoms. The van der Waals surface area contributed by atoms with Crippen molar-refractivity contribution in [2.75, 3.05) is 6.61 Å². The lowest BCUT2D eigenvalue weighted by Crippen LogP contribution is -2.27. The van der Waals surface area contributed by atoms with E-state index in [1.54, 1.807) is 0 Å². The molecule has 96 valence electrons. The molecule has 0 bridgehead atoms. The predicted molar refractivity (Wildman–Crippen MR) is 74.0 cm³/mol. The minimum Gasteiger partial charge on any atom is -0.396 e. The SMILES string of the molecule is CCC(N)C(SC(C)CCO)c1ccncc1. The molecule has 1 aromatic heterocycles. The summed E-state index contributed by atoms with van der Waals surface area (Å²) in [6, 6.07) is 4.20. The second-order valence-corrected chi connectivity index (χ2v) is 5.82. The fraction of sp³-hybridized carbons (Fsp3) is 0.615. The van der Waals surface area contributed by atoms with Crippen LogP contribution in [0.25, 0.3) is 0 Å². The average Bonchev–Trinajstić information content (AvgIpc) is 2.36. The number of rotatable bonds is 7. The van der Waals surface area contributed by atoms with Crippen LogP contribution in [0.2, 0.25) is 0 Å². The topological polar surface area (TPSA) is 59.1 Å². The molecule has 0 spiro atoms. The van der Waals surface area contributed by atoms with Gasteiger partial charge in [-0.15, -0.1) is 11.8 Å². The van der Waals surface area contributed by atoms with Crippen LogP contribution in [0.5, 0.6) is 0 Å². The van der Waals surface area contributed by atoms with Gasteiger partial charge in [-0.1, -0.05) is 13.8 Å². The maximum absolute atomic E-state index is 8.96. The molecule has 17 heavy (non-hydrogen) atoms. The zero-order valence-electron chi connectivity index (χ0n) is 10.5. The minimum absolute atomic E-state index is 0.142. The maximum Gasteiger partial charge on any atom is 0.0452 e. The third-order valence-electron chi connectivity index (χ3n) is 2.81. The van der Waals surface area contributed by atoms with E-state index in [2.05, 4.69) is 18.8 Å². The van der Waals surface area contributed by atoms with Crippen molar-refractivity contribution in [3.8, 4) is 0 Å². The van der Waals surface area contributed by atoms with E-state index in [-0.39, 0.29) is 17.9 Å². The molecule has 3 unspecified atom stereocenters. The van der Waals surface area contributed by atoms with E-state index in [0.717, 1.165) is 12.8 Å². The van der Waals surface area contributed by atoms with E-state index in [1.165, 1.54) is 5.56 Å². The molecule has 0 fully saturated rings. The van der Waals surface area contributed by atoms with E-state index in [0.29, 0.717) is 5.25 Å². The summed E-state index contributed by atoms with van der Waals surface area (Å²) in [7, 11) is 0. The van der Waals surface area contributed by atoms with Crippen LogP contribution >= 0.6 is 11.8 Å². The Morgan fingerprint density at radius 1 is 1.41 bits per heavy atom. The number of aliphatic hydroxyl groups is 1. The van der Waals surface area contributed by atoms with Gasteiger partial charge < -0.3 is 10.8 Å². The summed E-state index contributed by atoms with van der Waals surface area (Å²) in [4.78, 5) is 4.04. The van der Waals surface area contributed by atoms with Crippen molar-refractivity contribution in [1.29, 1.82) is 0 Å². The molecule has 1 heterocycles. The summed E-state index contributed by atoms with van der Waals surface area (Å²) in [5.41, 5.74) is 7.42. The highest BCUT2D eigenvalue weighted by Gasteiger charge is 2.21. The summed E-state index contributed by atoms with van der Waals surface area (Å²) >= 11 is 1.84. The van der Waals surface area contributed by atoms with Gasteiger partial charge in [0.1, 0.15) is 0 Å². The van der Waals surface area contributed by atoms with Gasteiger partial charge >= 0.3 is 0 Å². The number of thioether (sulfide) groups is 1. The Morgan fingerprint density at radius 2 is 2.06 bits per heavy atom. The maximum atomic E-state index is 8.96. The zero-order chi connectivity index (χ0) is 12.7.